The number of hydrogen-bond donors (Lipinski definition) is 1. The van der Waals surface area contributed by atoms with Crippen molar-refractivity contribution >= 4 is 15.7 Å². The first kappa shape index (κ1) is 13.8. The third kappa shape index (κ3) is 2.80. The summed E-state index contributed by atoms with van der Waals surface area (Å²) in [6.07, 6.45) is 5.54. The highest BCUT2D eigenvalue weighted by molar-refractivity contribution is 7.91. The zero-order valence-corrected chi connectivity index (χ0v) is 12.6. The largest absolute Gasteiger partial charge is 0.373 e. The zero-order valence-electron chi connectivity index (χ0n) is 11.8. The van der Waals surface area contributed by atoms with Crippen molar-refractivity contribution < 1.29 is 8.42 Å². The summed E-state index contributed by atoms with van der Waals surface area (Å²) in [5, 5.41) is 3.07. The number of rotatable bonds is 3. The minimum absolute atomic E-state index is 0.0338. The van der Waals surface area contributed by atoms with Crippen LogP contribution in [0.1, 0.15) is 55.5 Å². The molecule has 1 aliphatic heterocycles. The molecule has 2 aliphatic rings. The summed E-state index contributed by atoms with van der Waals surface area (Å²) in [5.74, 6) is 2.46. The van der Waals surface area contributed by atoms with Gasteiger partial charge in [-0.2, -0.15) is 0 Å². The molecule has 0 bridgehead atoms. The maximum absolute atomic E-state index is 11.6. The minimum Gasteiger partial charge on any atom is -0.373 e. The van der Waals surface area contributed by atoms with E-state index >= 15 is 0 Å². The Bertz CT molecular complexity index is 594. The molecule has 20 heavy (non-hydrogen) atoms. The van der Waals surface area contributed by atoms with Gasteiger partial charge in [0, 0.05) is 30.6 Å². The summed E-state index contributed by atoms with van der Waals surface area (Å²) in [7, 11) is -1.05. The Balaban J connectivity index is 1.92. The lowest BCUT2D eigenvalue weighted by Crippen LogP contribution is -2.11. The fourth-order valence-corrected chi connectivity index (χ4v) is 4.96. The van der Waals surface area contributed by atoms with Gasteiger partial charge in [0.15, 0.2) is 9.84 Å². The lowest BCUT2D eigenvalue weighted by molar-refractivity contribution is 0.600. The van der Waals surface area contributed by atoms with Crippen LogP contribution in [0.5, 0.6) is 0 Å². The third-order valence-corrected chi connectivity index (χ3v) is 6.16. The molecule has 2 fully saturated rings. The molecule has 110 valence electrons. The number of sulfone groups is 1. The summed E-state index contributed by atoms with van der Waals surface area (Å²) >= 11 is 0. The Morgan fingerprint density at radius 3 is 2.50 bits per heavy atom. The van der Waals surface area contributed by atoms with Crippen LogP contribution in [0.4, 0.5) is 5.82 Å². The minimum atomic E-state index is -2.90. The second kappa shape index (κ2) is 5.31. The Kier molecular flexibility index (Phi) is 3.67. The lowest BCUT2D eigenvalue weighted by atomic mass is 10.0. The van der Waals surface area contributed by atoms with E-state index in [2.05, 4.69) is 10.3 Å². The van der Waals surface area contributed by atoms with Crippen molar-refractivity contribution in [1.82, 2.24) is 9.97 Å². The molecule has 0 aromatic carbocycles. The molecule has 0 spiro atoms. The average Bonchev–Trinajstić information content (AvgIpc) is 3.07. The van der Waals surface area contributed by atoms with Gasteiger partial charge in [-0.05, 0) is 19.3 Å². The van der Waals surface area contributed by atoms with E-state index in [0.717, 1.165) is 11.5 Å². The monoisotopic (exact) mass is 295 g/mol. The van der Waals surface area contributed by atoms with Gasteiger partial charge in [0.05, 0.1) is 11.5 Å². The first-order valence-corrected chi connectivity index (χ1v) is 9.16. The van der Waals surface area contributed by atoms with Crippen molar-refractivity contribution in [3.05, 3.63) is 17.6 Å². The van der Waals surface area contributed by atoms with Gasteiger partial charge < -0.3 is 5.32 Å². The molecule has 1 N–H and O–H groups in total. The molecular weight excluding hydrogens is 274 g/mol. The van der Waals surface area contributed by atoms with Crippen LogP contribution in [0.15, 0.2) is 6.07 Å². The van der Waals surface area contributed by atoms with E-state index in [1.54, 1.807) is 0 Å². The van der Waals surface area contributed by atoms with E-state index in [9.17, 15) is 8.42 Å². The molecule has 6 heteroatoms. The summed E-state index contributed by atoms with van der Waals surface area (Å²) in [5.41, 5.74) is 1.08. The average molecular weight is 295 g/mol. The molecule has 0 radical (unpaired) electrons. The SMILES string of the molecule is CNc1cc(C2CCCC2)nc(C2CCS(=O)(=O)C2)n1. The molecule has 2 heterocycles. The summed E-state index contributed by atoms with van der Waals surface area (Å²) in [6, 6.07) is 2.02. The van der Waals surface area contributed by atoms with Crippen molar-refractivity contribution in [3.8, 4) is 0 Å². The van der Waals surface area contributed by atoms with E-state index in [0.29, 0.717) is 18.2 Å². The molecule has 1 aromatic heterocycles. The van der Waals surface area contributed by atoms with E-state index in [-0.39, 0.29) is 17.4 Å². The predicted octanol–water partition coefficient (Wildman–Crippen LogP) is 2.08. The van der Waals surface area contributed by atoms with Gasteiger partial charge in [-0.3, -0.25) is 0 Å². The fourth-order valence-electron chi connectivity index (χ4n) is 3.23. The van der Waals surface area contributed by atoms with E-state index in [1.165, 1.54) is 25.7 Å². The highest BCUT2D eigenvalue weighted by Gasteiger charge is 2.32. The lowest BCUT2D eigenvalue weighted by Gasteiger charge is -2.14. The first-order valence-electron chi connectivity index (χ1n) is 7.34. The van der Waals surface area contributed by atoms with Crippen LogP contribution in [0.3, 0.4) is 0 Å². The molecule has 3 rings (SSSR count). The highest BCUT2D eigenvalue weighted by Crippen LogP contribution is 2.35. The van der Waals surface area contributed by atoms with Crippen LogP contribution in [0, 0.1) is 0 Å². The number of anilines is 1. The van der Waals surface area contributed by atoms with Gasteiger partial charge in [-0.1, -0.05) is 12.8 Å². The van der Waals surface area contributed by atoms with Crippen molar-refractivity contribution in [2.75, 3.05) is 23.9 Å². The first-order chi connectivity index (χ1) is 9.57. The number of aromatic nitrogens is 2. The van der Waals surface area contributed by atoms with Crippen molar-refractivity contribution in [2.24, 2.45) is 0 Å². The Morgan fingerprint density at radius 1 is 1.15 bits per heavy atom. The number of nitrogens with zero attached hydrogens (tertiary/aromatic N) is 2. The fraction of sp³-hybridized carbons (Fsp3) is 0.714. The molecule has 1 aromatic rings. The predicted molar refractivity (Wildman–Crippen MR) is 78.8 cm³/mol. The van der Waals surface area contributed by atoms with Crippen LogP contribution in [-0.4, -0.2) is 36.9 Å². The molecule has 1 saturated carbocycles. The van der Waals surface area contributed by atoms with Crippen molar-refractivity contribution in [2.45, 2.75) is 43.9 Å². The quantitative estimate of drug-likeness (QED) is 0.924. The summed E-state index contributed by atoms with van der Waals surface area (Å²) < 4.78 is 23.3. The Morgan fingerprint density at radius 2 is 1.90 bits per heavy atom. The van der Waals surface area contributed by atoms with Crippen LogP contribution in [0.25, 0.3) is 0 Å². The second-order valence-electron chi connectivity index (χ2n) is 5.87. The van der Waals surface area contributed by atoms with E-state index in [1.807, 2.05) is 13.1 Å². The van der Waals surface area contributed by atoms with Gasteiger partial charge in [0.1, 0.15) is 11.6 Å². The van der Waals surface area contributed by atoms with Crippen LogP contribution >= 0.6 is 0 Å². The molecule has 5 nitrogen and oxygen atoms in total. The molecule has 1 aliphatic carbocycles. The highest BCUT2D eigenvalue weighted by atomic mass is 32.2. The normalized spacial score (nSPS) is 25.9. The number of hydrogen-bond acceptors (Lipinski definition) is 5. The Hall–Kier alpha value is -1.17. The van der Waals surface area contributed by atoms with E-state index in [4.69, 9.17) is 4.98 Å². The van der Waals surface area contributed by atoms with Crippen LogP contribution in [-0.2, 0) is 9.84 Å². The smallest absolute Gasteiger partial charge is 0.151 e. The van der Waals surface area contributed by atoms with Gasteiger partial charge in [0.2, 0.25) is 0 Å². The maximum Gasteiger partial charge on any atom is 0.151 e. The summed E-state index contributed by atoms with van der Waals surface area (Å²) in [4.78, 5) is 9.18. The summed E-state index contributed by atoms with van der Waals surface area (Å²) in [6.45, 7) is 0. The second-order valence-corrected chi connectivity index (χ2v) is 8.10. The van der Waals surface area contributed by atoms with Gasteiger partial charge >= 0.3 is 0 Å². The van der Waals surface area contributed by atoms with Crippen molar-refractivity contribution in [3.63, 3.8) is 0 Å². The molecular formula is C14H21N3O2S. The molecule has 0 amide bonds. The topological polar surface area (TPSA) is 72.0 Å². The van der Waals surface area contributed by atoms with Gasteiger partial charge in [-0.15, -0.1) is 0 Å². The number of nitrogens with one attached hydrogen (secondary N) is 1. The van der Waals surface area contributed by atoms with Crippen LogP contribution in [0.2, 0.25) is 0 Å². The van der Waals surface area contributed by atoms with Crippen LogP contribution < -0.4 is 5.32 Å². The van der Waals surface area contributed by atoms with Crippen molar-refractivity contribution in [1.29, 1.82) is 0 Å². The molecule has 1 saturated heterocycles. The zero-order chi connectivity index (χ0) is 14.2. The Labute approximate surface area is 120 Å². The standard InChI is InChI=1S/C14H21N3O2S/c1-15-13-8-12(10-4-2-3-5-10)16-14(17-13)11-6-7-20(18,19)9-11/h8,10-11H,2-7,9H2,1H3,(H,15,16,17). The molecule has 1 unspecified atom stereocenters. The third-order valence-electron chi connectivity index (χ3n) is 4.39. The van der Waals surface area contributed by atoms with Gasteiger partial charge in [0.25, 0.3) is 0 Å². The maximum atomic E-state index is 11.6. The van der Waals surface area contributed by atoms with Gasteiger partial charge in [-0.25, -0.2) is 18.4 Å². The van der Waals surface area contributed by atoms with E-state index < -0.39 is 9.84 Å². The molecule has 1 atom stereocenters.